The van der Waals surface area contributed by atoms with Gasteiger partial charge in [-0.25, -0.2) is 0 Å². The molecule has 0 amide bonds. The third-order valence-corrected chi connectivity index (χ3v) is 3.47. The van der Waals surface area contributed by atoms with Crippen molar-refractivity contribution >= 4 is 5.69 Å². The molecule has 0 aromatic heterocycles. The van der Waals surface area contributed by atoms with Crippen molar-refractivity contribution in [3.8, 4) is 0 Å². The number of non-ortho nitro benzene ring substituents is 1. The number of benzene rings is 1. The third kappa shape index (κ3) is 4.88. The second kappa shape index (κ2) is 8.00. The molecule has 1 N–H and O–H groups in total. The van der Waals surface area contributed by atoms with Crippen molar-refractivity contribution in [3.05, 3.63) is 56.4 Å². The van der Waals surface area contributed by atoms with Crippen molar-refractivity contribution in [2.75, 3.05) is 0 Å². The highest BCUT2D eigenvalue weighted by molar-refractivity contribution is 5.33. The van der Waals surface area contributed by atoms with Gasteiger partial charge in [-0.1, -0.05) is 25.5 Å². The van der Waals surface area contributed by atoms with E-state index in [1.165, 1.54) is 12.1 Å². The average molecular weight is 290 g/mol. The van der Waals surface area contributed by atoms with Gasteiger partial charge in [-0.15, -0.1) is 0 Å². The maximum Gasteiger partial charge on any atom is 0.395 e. The molecule has 0 aliphatic carbocycles. The highest BCUT2D eigenvalue weighted by Gasteiger charge is 2.21. The number of hydrogen-bond acceptors (Lipinski definition) is 4. The fourth-order valence-electron chi connectivity index (χ4n) is 2.24. The van der Waals surface area contributed by atoms with Crippen molar-refractivity contribution in [2.24, 2.45) is 5.92 Å². The second-order valence-corrected chi connectivity index (χ2v) is 5.02. The van der Waals surface area contributed by atoms with E-state index in [1.54, 1.807) is 19.1 Å². The molecule has 0 aliphatic heterocycles. The second-order valence-electron chi connectivity index (χ2n) is 5.02. The molecule has 1 aromatic rings. The van der Waals surface area contributed by atoms with Crippen molar-refractivity contribution in [1.82, 2.24) is 0 Å². The van der Waals surface area contributed by atoms with Crippen molar-refractivity contribution in [3.63, 3.8) is 0 Å². The Bertz CT molecular complexity index is 559. The maximum atomic E-state index is 10.6. The molecule has 21 heavy (non-hydrogen) atoms. The van der Waals surface area contributed by atoms with Gasteiger partial charge in [0.25, 0.3) is 5.69 Å². The first-order valence-corrected chi connectivity index (χ1v) is 6.97. The van der Waals surface area contributed by atoms with Gasteiger partial charge in [-0.05, 0) is 24.8 Å². The Morgan fingerprint density at radius 1 is 1.38 bits per heavy atom. The van der Waals surface area contributed by atoms with Crippen LogP contribution in [0, 0.1) is 21.4 Å². The predicted octanol–water partition coefficient (Wildman–Crippen LogP) is 4.59. The number of rotatable bonds is 7. The van der Waals surface area contributed by atoms with Crippen LogP contribution >= 0.6 is 0 Å². The van der Waals surface area contributed by atoms with Gasteiger partial charge in [0.05, 0.1) is 4.92 Å². The zero-order chi connectivity index (χ0) is 15.8. The zero-order valence-corrected chi connectivity index (χ0v) is 12.3. The summed E-state index contributed by atoms with van der Waals surface area (Å²) >= 11 is 0. The van der Waals surface area contributed by atoms with E-state index < -0.39 is 4.92 Å². The summed E-state index contributed by atoms with van der Waals surface area (Å²) in [4.78, 5) is 13.2. The summed E-state index contributed by atoms with van der Waals surface area (Å²) in [5.41, 5.74) is 1.28. The van der Waals surface area contributed by atoms with E-state index in [2.05, 4.69) is 4.98 Å². The van der Waals surface area contributed by atoms with Gasteiger partial charge in [0.2, 0.25) is 5.39 Å². The van der Waals surface area contributed by atoms with Crippen LogP contribution in [0.5, 0.6) is 0 Å². The molecule has 1 atom stereocenters. The minimum Gasteiger partial charge on any atom is -0.505 e. The van der Waals surface area contributed by atoms with Gasteiger partial charge < -0.3 is 5.11 Å². The number of hydrogen-bond donors (Lipinski definition) is 1. The van der Waals surface area contributed by atoms with Gasteiger partial charge in [-0.2, -0.15) is 0 Å². The number of nitro groups is 1. The lowest BCUT2D eigenvalue weighted by Gasteiger charge is -2.13. The minimum atomic E-state index is -0.426. The zero-order valence-electron chi connectivity index (χ0n) is 12.3. The van der Waals surface area contributed by atoms with Crippen LogP contribution in [0.25, 0.3) is 4.98 Å². The number of aliphatic hydroxyl groups excluding tert-OH is 1. The van der Waals surface area contributed by atoms with Crippen LogP contribution in [0.2, 0.25) is 0 Å². The maximum absolute atomic E-state index is 10.6. The van der Waals surface area contributed by atoms with E-state index in [9.17, 15) is 15.2 Å². The third-order valence-electron chi connectivity index (χ3n) is 3.47. The van der Waals surface area contributed by atoms with E-state index in [0.29, 0.717) is 12.8 Å². The van der Waals surface area contributed by atoms with E-state index in [-0.39, 0.29) is 23.1 Å². The number of aliphatic hydroxyl groups is 1. The summed E-state index contributed by atoms with van der Waals surface area (Å²) in [6.07, 6.45) is 3.11. The van der Waals surface area contributed by atoms with Crippen LogP contribution < -0.4 is 0 Å². The molecule has 1 unspecified atom stereocenters. The number of aryl methyl sites for hydroxylation is 1. The summed E-state index contributed by atoms with van der Waals surface area (Å²) in [7, 11) is 0. The topological polar surface area (TPSA) is 91.5 Å². The predicted molar refractivity (Wildman–Crippen MR) is 80.2 cm³/mol. The summed E-state index contributed by atoms with van der Waals surface area (Å²) < 4.78 is 0. The molecule has 0 bridgehead atoms. The van der Waals surface area contributed by atoms with Crippen LogP contribution in [0.1, 0.15) is 38.7 Å². The molecular formula is C15H20N3O3+. The summed E-state index contributed by atoms with van der Waals surface area (Å²) in [5.74, 6) is 0.0438. The molecule has 0 heterocycles. The molecule has 0 spiro atoms. The van der Waals surface area contributed by atoms with Gasteiger partial charge >= 0.3 is 5.70 Å². The molecule has 1 rings (SSSR count). The highest BCUT2D eigenvalue weighted by atomic mass is 16.6. The average Bonchev–Trinajstić information content (AvgIpc) is 2.50. The first kappa shape index (κ1) is 16.6. The van der Waals surface area contributed by atoms with Crippen LogP contribution in [0.15, 0.2) is 35.7 Å². The standard InChI is InChI=1S/C15H19N3O3/c1-3-4-13(15(19)11(2)17-16)8-5-12-6-9-14(10-7-12)18(20)21/h6-7,9-10,13H,3-5,8H2,1-2H3/p+1/b15-11+. The molecular weight excluding hydrogens is 270 g/mol. The highest BCUT2D eigenvalue weighted by Crippen LogP contribution is 2.25. The Balaban J connectivity index is 2.74. The Hall–Kier alpha value is -2.42. The first-order valence-electron chi connectivity index (χ1n) is 6.97. The lowest BCUT2D eigenvalue weighted by Crippen LogP contribution is -2.07. The minimum absolute atomic E-state index is 0.0684. The number of diazo groups is 1. The normalized spacial score (nSPS) is 13.2. The Labute approximate surface area is 123 Å². The summed E-state index contributed by atoms with van der Waals surface area (Å²) in [6.45, 7) is 3.58. The van der Waals surface area contributed by atoms with Gasteiger partial charge in [0.1, 0.15) is 0 Å². The molecule has 6 heteroatoms. The van der Waals surface area contributed by atoms with E-state index >= 15 is 0 Å². The summed E-state index contributed by atoms with van der Waals surface area (Å²) in [5, 5.41) is 29.4. The molecule has 0 saturated heterocycles. The molecule has 6 nitrogen and oxygen atoms in total. The van der Waals surface area contributed by atoms with Crippen LogP contribution in [0.3, 0.4) is 0 Å². The number of nitro benzene ring substituents is 1. The van der Waals surface area contributed by atoms with Crippen molar-refractivity contribution in [1.29, 1.82) is 5.39 Å². The summed E-state index contributed by atoms with van der Waals surface area (Å²) in [6, 6.07) is 6.42. The largest absolute Gasteiger partial charge is 0.505 e. The van der Waals surface area contributed by atoms with Crippen LogP contribution in [-0.4, -0.2) is 10.0 Å². The van der Waals surface area contributed by atoms with Crippen LogP contribution in [0.4, 0.5) is 5.69 Å². The van der Waals surface area contributed by atoms with E-state index in [4.69, 9.17) is 5.39 Å². The molecule has 0 radical (unpaired) electrons. The van der Waals surface area contributed by atoms with Gasteiger partial charge in [0, 0.05) is 25.0 Å². The van der Waals surface area contributed by atoms with E-state index in [1.807, 2.05) is 6.92 Å². The smallest absolute Gasteiger partial charge is 0.395 e. The fourth-order valence-corrected chi connectivity index (χ4v) is 2.24. The Morgan fingerprint density at radius 2 is 2.00 bits per heavy atom. The quantitative estimate of drug-likeness (QED) is 0.344. The monoisotopic (exact) mass is 290 g/mol. The molecule has 0 saturated carbocycles. The van der Waals surface area contributed by atoms with Crippen LogP contribution in [-0.2, 0) is 6.42 Å². The van der Waals surface area contributed by atoms with Crippen molar-refractivity contribution in [2.45, 2.75) is 39.5 Å². The SMILES string of the molecule is CCCC(CCc1ccc([N+](=O)[O-])cc1)/C(O)=C(/C)[N+]#N. The number of nitrogens with zero attached hydrogens (tertiary/aromatic N) is 3. The molecule has 1 aromatic carbocycles. The lowest BCUT2D eigenvalue weighted by atomic mass is 9.92. The van der Waals surface area contributed by atoms with E-state index in [0.717, 1.165) is 18.4 Å². The fraction of sp³-hybridized carbons (Fsp3) is 0.467. The molecule has 0 aliphatic rings. The molecule has 0 fully saturated rings. The lowest BCUT2D eigenvalue weighted by molar-refractivity contribution is -0.384. The van der Waals surface area contributed by atoms with Gasteiger partial charge in [0.15, 0.2) is 10.7 Å². The van der Waals surface area contributed by atoms with Gasteiger partial charge in [-0.3, -0.25) is 10.1 Å². The first-order chi connectivity index (χ1) is 9.99. The Morgan fingerprint density at radius 3 is 2.48 bits per heavy atom. The van der Waals surface area contributed by atoms with Crippen molar-refractivity contribution < 1.29 is 10.0 Å². The Kier molecular flexibility index (Phi) is 6.34. The molecule has 112 valence electrons. The number of allylic oxidation sites excluding steroid dienone is 2.